The molecule has 0 aliphatic carbocycles. The molecule has 0 aromatic rings. The smallest absolute Gasteiger partial charge is 0.0468 e. The molecule has 1 heterocycles. The molecule has 17 heavy (non-hydrogen) atoms. The van der Waals surface area contributed by atoms with E-state index in [1.54, 1.807) is 0 Å². The molecule has 2 nitrogen and oxygen atoms in total. The summed E-state index contributed by atoms with van der Waals surface area (Å²) in [5.74, 6) is 0.892. The zero-order chi connectivity index (χ0) is 12.6. The van der Waals surface area contributed by atoms with Crippen molar-refractivity contribution in [3.05, 3.63) is 0 Å². The van der Waals surface area contributed by atoms with Crippen LogP contribution in [0.1, 0.15) is 59.3 Å². The second kappa shape index (κ2) is 8.10. The Bertz CT molecular complexity index is 189. The van der Waals surface area contributed by atoms with Gasteiger partial charge >= 0.3 is 0 Å². The van der Waals surface area contributed by atoms with Crippen molar-refractivity contribution >= 4 is 0 Å². The molecule has 1 fully saturated rings. The highest BCUT2D eigenvalue weighted by molar-refractivity contribution is 4.81. The number of ether oxygens (including phenoxy) is 1. The van der Waals surface area contributed by atoms with Crippen molar-refractivity contribution in [2.45, 2.75) is 59.3 Å². The molecule has 0 bridgehead atoms. The fourth-order valence-corrected chi connectivity index (χ4v) is 3.08. The minimum absolute atomic E-state index is 0.492. The van der Waals surface area contributed by atoms with Crippen molar-refractivity contribution < 1.29 is 4.74 Å². The molecule has 2 heteroatoms. The van der Waals surface area contributed by atoms with Gasteiger partial charge in [-0.25, -0.2) is 0 Å². The van der Waals surface area contributed by atoms with E-state index in [-0.39, 0.29) is 0 Å². The molecule has 1 N–H and O–H groups in total. The zero-order valence-corrected chi connectivity index (χ0v) is 12.1. The van der Waals surface area contributed by atoms with E-state index in [0.717, 1.165) is 25.7 Å². The van der Waals surface area contributed by atoms with Crippen LogP contribution in [0.25, 0.3) is 0 Å². The van der Waals surface area contributed by atoms with Crippen molar-refractivity contribution in [2.75, 3.05) is 26.3 Å². The van der Waals surface area contributed by atoms with E-state index in [1.165, 1.54) is 45.1 Å². The summed E-state index contributed by atoms with van der Waals surface area (Å²) in [4.78, 5) is 0. The average Bonchev–Trinajstić information content (AvgIpc) is 2.31. The molecule has 1 atom stereocenters. The monoisotopic (exact) mass is 241 g/mol. The molecule has 1 aliphatic heterocycles. The predicted molar refractivity (Wildman–Crippen MR) is 74.3 cm³/mol. The third kappa shape index (κ3) is 5.87. The maximum absolute atomic E-state index is 5.46. The second-order valence-electron chi connectivity index (χ2n) is 6.00. The molecule has 0 radical (unpaired) electrons. The van der Waals surface area contributed by atoms with Crippen molar-refractivity contribution in [2.24, 2.45) is 11.3 Å². The van der Waals surface area contributed by atoms with E-state index in [2.05, 4.69) is 26.1 Å². The number of rotatable bonds is 8. The fraction of sp³-hybridized carbons (Fsp3) is 1.00. The van der Waals surface area contributed by atoms with E-state index < -0.39 is 0 Å². The second-order valence-corrected chi connectivity index (χ2v) is 6.00. The fourth-order valence-electron chi connectivity index (χ4n) is 3.08. The highest BCUT2D eigenvalue weighted by atomic mass is 16.5. The van der Waals surface area contributed by atoms with Gasteiger partial charge in [-0.15, -0.1) is 0 Å². The maximum Gasteiger partial charge on any atom is 0.0468 e. The molecule has 0 amide bonds. The summed E-state index contributed by atoms with van der Waals surface area (Å²) in [5.41, 5.74) is 0.492. The molecule has 102 valence electrons. The lowest BCUT2D eigenvalue weighted by molar-refractivity contribution is 0.0473. The summed E-state index contributed by atoms with van der Waals surface area (Å²) >= 11 is 0. The van der Waals surface area contributed by atoms with Gasteiger partial charge in [-0.2, -0.15) is 0 Å². The molecule has 1 rings (SSSR count). The van der Waals surface area contributed by atoms with Gasteiger partial charge in [0.05, 0.1) is 0 Å². The minimum atomic E-state index is 0.492. The highest BCUT2D eigenvalue weighted by Crippen LogP contribution is 2.34. The minimum Gasteiger partial charge on any atom is -0.381 e. The van der Waals surface area contributed by atoms with E-state index >= 15 is 0 Å². The van der Waals surface area contributed by atoms with Gasteiger partial charge in [0.1, 0.15) is 0 Å². The van der Waals surface area contributed by atoms with Crippen molar-refractivity contribution in [3.63, 3.8) is 0 Å². The third-order valence-corrected chi connectivity index (χ3v) is 3.95. The lowest BCUT2D eigenvalue weighted by atomic mass is 9.75. The largest absolute Gasteiger partial charge is 0.381 e. The first-order valence-corrected chi connectivity index (χ1v) is 7.48. The van der Waals surface area contributed by atoms with Crippen LogP contribution in [0.15, 0.2) is 0 Å². The predicted octanol–water partition coefficient (Wildman–Crippen LogP) is 3.61. The van der Waals surface area contributed by atoms with E-state index in [9.17, 15) is 0 Å². The maximum atomic E-state index is 5.46. The SMILES string of the molecule is CCCNCC(C)(CCC)CC1CCOCC1. The van der Waals surface area contributed by atoms with E-state index in [1.807, 2.05) is 0 Å². The topological polar surface area (TPSA) is 21.3 Å². The first-order chi connectivity index (χ1) is 8.20. The Morgan fingerprint density at radius 3 is 2.47 bits per heavy atom. The van der Waals surface area contributed by atoms with Crippen molar-refractivity contribution in [1.82, 2.24) is 5.32 Å². The molecule has 0 saturated carbocycles. The van der Waals surface area contributed by atoms with E-state index in [4.69, 9.17) is 4.74 Å². The van der Waals surface area contributed by atoms with Crippen LogP contribution in [0.4, 0.5) is 0 Å². The number of hydrogen-bond donors (Lipinski definition) is 1. The summed E-state index contributed by atoms with van der Waals surface area (Å²) in [6.07, 6.45) is 7.80. The Morgan fingerprint density at radius 2 is 1.88 bits per heavy atom. The summed E-state index contributed by atoms with van der Waals surface area (Å²) in [7, 11) is 0. The van der Waals surface area contributed by atoms with Gasteiger partial charge in [-0.3, -0.25) is 0 Å². The Hall–Kier alpha value is -0.0800. The molecular weight excluding hydrogens is 210 g/mol. The average molecular weight is 241 g/mol. The molecule has 0 aromatic carbocycles. The van der Waals surface area contributed by atoms with Crippen LogP contribution >= 0.6 is 0 Å². The summed E-state index contributed by atoms with van der Waals surface area (Å²) in [6, 6.07) is 0. The first-order valence-electron chi connectivity index (χ1n) is 7.48. The molecule has 1 aliphatic rings. The summed E-state index contributed by atoms with van der Waals surface area (Å²) < 4.78 is 5.46. The van der Waals surface area contributed by atoms with Crippen LogP contribution in [-0.4, -0.2) is 26.3 Å². The highest BCUT2D eigenvalue weighted by Gasteiger charge is 2.28. The van der Waals surface area contributed by atoms with Gasteiger partial charge in [0.2, 0.25) is 0 Å². The quantitative estimate of drug-likeness (QED) is 0.656. The van der Waals surface area contributed by atoms with Gasteiger partial charge < -0.3 is 10.1 Å². The van der Waals surface area contributed by atoms with Crippen molar-refractivity contribution in [1.29, 1.82) is 0 Å². The van der Waals surface area contributed by atoms with Gasteiger partial charge in [-0.1, -0.05) is 27.2 Å². The van der Waals surface area contributed by atoms with E-state index in [0.29, 0.717) is 5.41 Å². The van der Waals surface area contributed by atoms with Gasteiger partial charge in [0, 0.05) is 19.8 Å². The summed E-state index contributed by atoms with van der Waals surface area (Å²) in [6.45, 7) is 11.3. The van der Waals surface area contributed by atoms with Crippen LogP contribution in [0.3, 0.4) is 0 Å². The Balaban J connectivity index is 2.38. The molecule has 1 saturated heterocycles. The third-order valence-electron chi connectivity index (χ3n) is 3.95. The first kappa shape index (κ1) is 15.0. The standard InChI is InChI=1S/C15H31NO/c1-4-8-15(3,13-16-9-5-2)12-14-6-10-17-11-7-14/h14,16H,4-13H2,1-3H3. The Kier molecular flexibility index (Phi) is 7.14. The molecule has 1 unspecified atom stereocenters. The lowest BCUT2D eigenvalue weighted by Gasteiger charge is -2.35. The van der Waals surface area contributed by atoms with Gasteiger partial charge in [-0.05, 0) is 50.0 Å². The summed E-state index contributed by atoms with van der Waals surface area (Å²) in [5, 5.41) is 3.62. The van der Waals surface area contributed by atoms with Crippen LogP contribution < -0.4 is 5.32 Å². The Morgan fingerprint density at radius 1 is 1.18 bits per heavy atom. The van der Waals surface area contributed by atoms with Crippen LogP contribution in [0, 0.1) is 11.3 Å². The molecular formula is C15H31NO. The van der Waals surface area contributed by atoms with Crippen LogP contribution in [0.2, 0.25) is 0 Å². The zero-order valence-electron chi connectivity index (χ0n) is 12.1. The normalized spacial score (nSPS) is 21.4. The van der Waals surface area contributed by atoms with Crippen LogP contribution in [-0.2, 0) is 4.74 Å². The van der Waals surface area contributed by atoms with Gasteiger partial charge in [0.25, 0.3) is 0 Å². The molecule has 0 spiro atoms. The van der Waals surface area contributed by atoms with Crippen LogP contribution in [0.5, 0.6) is 0 Å². The lowest BCUT2D eigenvalue weighted by Crippen LogP contribution is -2.35. The number of hydrogen-bond acceptors (Lipinski definition) is 2. The van der Waals surface area contributed by atoms with Gasteiger partial charge in [0.15, 0.2) is 0 Å². The molecule has 0 aromatic heterocycles. The number of nitrogens with one attached hydrogen (secondary N) is 1. The Labute approximate surface area is 108 Å². The van der Waals surface area contributed by atoms with Crippen molar-refractivity contribution in [3.8, 4) is 0 Å².